The maximum atomic E-state index is 13.2. The van der Waals surface area contributed by atoms with Crippen LogP contribution >= 0.6 is 15.9 Å². The molecule has 0 radical (unpaired) electrons. The van der Waals surface area contributed by atoms with Crippen LogP contribution in [-0.4, -0.2) is 17.5 Å². The van der Waals surface area contributed by atoms with E-state index in [1.807, 2.05) is 0 Å². The quantitative estimate of drug-likeness (QED) is 0.507. The van der Waals surface area contributed by atoms with Gasteiger partial charge in [0.15, 0.2) is 0 Å². The molecule has 4 rings (SSSR count). The third-order valence-corrected chi connectivity index (χ3v) is 9.42. The molecule has 0 bridgehead atoms. The number of halogens is 3. The van der Waals surface area contributed by atoms with Crippen LogP contribution in [0.4, 0.5) is 8.78 Å². The highest BCUT2D eigenvalue weighted by molar-refractivity contribution is 9.09. The molecular formula is C21H31BrF2O. The van der Waals surface area contributed by atoms with Crippen LogP contribution in [0.1, 0.15) is 64.7 Å². The van der Waals surface area contributed by atoms with E-state index in [1.54, 1.807) is 0 Å². The van der Waals surface area contributed by atoms with Crippen molar-refractivity contribution in [3.05, 3.63) is 0 Å². The normalized spacial score (nSPS) is 49.4. The Morgan fingerprint density at radius 1 is 1.04 bits per heavy atom. The second-order valence-electron chi connectivity index (χ2n) is 9.62. The van der Waals surface area contributed by atoms with E-state index in [0.29, 0.717) is 28.9 Å². The standard InChI is InChI=1S/C21H31BrF2O/c1-21-9-8-15-14-4-3-13(20(23)24)10-12(14)2-5-16(15)17(21)6-7-18(21)19(25)11-22/h12-18,20H,2-11H2,1H3/t12?,13?,14-,15?,16+,17?,18?,21-/m0/s1. The molecule has 0 aliphatic heterocycles. The van der Waals surface area contributed by atoms with Crippen molar-refractivity contribution in [1.82, 2.24) is 0 Å². The molecular weight excluding hydrogens is 386 g/mol. The minimum Gasteiger partial charge on any atom is -0.298 e. The van der Waals surface area contributed by atoms with Gasteiger partial charge < -0.3 is 0 Å². The second-order valence-corrected chi connectivity index (χ2v) is 10.2. The van der Waals surface area contributed by atoms with Crippen molar-refractivity contribution >= 4 is 21.7 Å². The number of fused-ring (bicyclic) bond motifs is 5. The van der Waals surface area contributed by atoms with Crippen molar-refractivity contribution in [2.45, 2.75) is 71.1 Å². The van der Waals surface area contributed by atoms with Gasteiger partial charge in [-0.05, 0) is 92.8 Å². The number of hydrogen-bond donors (Lipinski definition) is 0. The van der Waals surface area contributed by atoms with Gasteiger partial charge >= 0.3 is 0 Å². The summed E-state index contributed by atoms with van der Waals surface area (Å²) in [7, 11) is 0. The summed E-state index contributed by atoms with van der Waals surface area (Å²) in [4.78, 5) is 12.4. The SMILES string of the molecule is C[C@]12CCC3[C@@H](CCC4CC(C(F)F)CC[C@@H]43)C1CCC2C(=O)CBr. The van der Waals surface area contributed by atoms with Crippen molar-refractivity contribution in [2.24, 2.45) is 46.8 Å². The molecule has 0 saturated heterocycles. The zero-order valence-corrected chi connectivity index (χ0v) is 16.8. The molecule has 4 aliphatic carbocycles. The van der Waals surface area contributed by atoms with Crippen LogP contribution in [0.15, 0.2) is 0 Å². The number of alkyl halides is 3. The van der Waals surface area contributed by atoms with Crippen molar-refractivity contribution in [3.8, 4) is 0 Å². The lowest BCUT2D eigenvalue weighted by molar-refractivity contribution is -0.128. The van der Waals surface area contributed by atoms with Gasteiger partial charge in [0, 0.05) is 11.8 Å². The summed E-state index contributed by atoms with van der Waals surface area (Å²) in [6.07, 6.45) is 7.43. The number of carbonyl (C=O) groups is 1. The fourth-order valence-corrected chi connectivity index (χ4v) is 8.13. The lowest BCUT2D eigenvalue weighted by Gasteiger charge is -2.56. The Kier molecular flexibility index (Phi) is 5.05. The Labute approximate surface area is 158 Å². The first-order valence-electron chi connectivity index (χ1n) is 10.3. The van der Waals surface area contributed by atoms with Crippen LogP contribution in [0.5, 0.6) is 0 Å². The van der Waals surface area contributed by atoms with Crippen LogP contribution in [0.3, 0.4) is 0 Å². The van der Waals surface area contributed by atoms with Gasteiger partial charge in [0.1, 0.15) is 5.78 Å². The van der Waals surface area contributed by atoms with Crippen LogP contribution in [0.25, 0.3) is 0 Å². The van der Waals surface area contributed by atoms with E-state index in [-0.39, 0.29) is 17.3 Å². The molecule has 0 aromatic heterocycles. The van der Waals surface area contributed by atoms with Gasteiger partial charge in [0.25, 0.3) is 0 Å². The molecule has 0 aromatic rings. The summed E-state index contributed by atoms with van der Waals surface area (Å²) in [6.45, 7) is 2.38. The van der Waals surface area contributed by atoms with Gasteiger partial charge in [-0.25, -0.2) is 8.78 Å². The number of rotatable bonds is 3. The Morgan fingerprint density at radius 3 is 2.52 bits per heavy atom. The highest BCUT2D eigenvalue weighted by atomic mass is 79.9. The van der Waals surface area contributed by atoms with E-state index in [9.17, 15) is 13.6 Å². The van der Waals surface area contributed by atoms with Crippen molar-refractivity contribution in [2.75, 3.05) is 5.33 Å². The van der Waals surface area contributed by atoms with E-state index in [2.05, 4.69) is 22.9 Å². The summed E-state index contributed by atoms with van der Waals surface area (Å²) in [5.41, 5.74) is 0.193. The Balaban J connectivity index is 1.50. The molecule has 5 unspecified atom stereocenters. The van der Waals surface area contributed by atoms with Gasteiger partial charge in [-0.3, -0.25) is 4.79 Å². The predicted molar refractivity (Wildman–Crippen MR) is 98.9 cm³/mol. The number of Topliss-reactive ketones (excluding diaryl/α,β-unsaturated/α-hetero) is 1. The molecule has 25 heavy (non-hydrogen) atoms. The third kappa shape index (κ3) is 2.93. The smallest absolute Gasteiger partial charge is 0.241 e. The molecule has 0 N–H and O–H groups in total. The Hall–Kier alpha value is 0.01000. The fraction of sp³-hybridized carbons (Fsp3) is 0.952. The maximum Gasteiger partial charge on any atom is 0.241 e. The van der Waals surface area contributed by atoms with Gasteiger partial charge in [0.2, 0.25) is 6.43 Å². The summed E-state index contributed by atoms with van der Waals surface area (Å²) >= 11 is 3.39. The van der Waals surface area contributed by atoms with Gasteiger partial charge in [-0.2, -0.15) is 0 Å². The van der Waals surface area contributed by atoms with Crippen molar-refractivity contribution in [3.63, 3.8) is 0 Å². The molecule has 4 aliphatic rings. The average Bonchev–Trinajstić information content (AvgIpc) is 2.97. The van der Waals surface area contributed by atoms with Crippen LogP contribution in [0.2, 0.25) is 0 Å². The molecule has 0 spiro atoms. The number of hydrogen-bond acceptors (Lipinski definition) is 1. The van der Waals surface area contributed by atoms with Gasteiger partial charge in [-0.15, -0.1) is 0 Å². The van der Waals surface area contributed by atoms with Crippen LogP contribution in [0, 0.1) is 46.8 Å². The summed E-state index contributed by atoms with van der Waals surface area (Å²) in [5.74, 6) is 3.69. The third-order valence-electron chi connectivity index (χ3n) is 8.87. The summed E-state index contributed by atoms with van der Waals surface area (Å²) in [6, 6.07) is 0. The van der Waals surface area contributed by atoms with Crippen molar-refractivity contribution < 1.29 is 13.6 Å². The van der Waals surface area contributed by atoms with Crippen LogP contribution < -0.4 is 0 Å². The van der Waals surface area contributed by atoms with Gasteiger partial charge in [-0.1, -0.05) is 22.9 Å². The molecule has 142 valence electrons. The minimum atomic E-state index is -2.13. The zero-order chi connectivity index (χ0) is 17.8. The molecule has 0 heterocycles. The predicted octanol–water partition coefficient (Wildman–Crippen LogP) is 6.10. The summed E-state index contributed by atoms with van der Waals surface area (Å²) < 4.78 is 26.3. The molecule has 1 nitrogen and oxygen atoms in total. The highest BCUT2D eigenvalue weighted by Crippen LogP contribution is 2.64. The van der Waals surface area contributed by atoms with E-state index in [4.69, 9.17) is 0 Å². The lowest BCUT2D eigenvalue weighted by Crippen LogP contribution is -2.49. The molecule has 0 aromatic carbocycles. The molecule has 4 saturated carbocycles. The fourth-order valence-electron chi connectivity index (χ4n) is 7.74. The van der Waals surface area contributed by atoms with E-state index < -0.39 is 6.43 Å². The summed E-state index contributed by atoms with van der Waals surface area (Å²) in [5, 5.41) is 0.494. The topological polar surface area (TPSA) is 17.1 Å². The molecule has 0 amide bonds. The largest absolute Gasteiger partial charge is 0.298 e. The molecule has 4 fully saturated rings. The second kappa shape index (κ2) is 6.87. The molecule has 4 heteroatoms. The number of ketones is 1. The average molecular weight is 417 g/mol. The van der Waals surface area contributed by atoms with Crippen LogP contribution in [-0.2, 0) is 4.79 Å². The van der Waals surface area contributed by atoms with E-state index in [0.717, 1.165) is 43.9 Å². The lowest BCUT2D eigenvalue weighted by atomic mass is 9.49. The first kappa shape index (κ1) is 18.4. The highest BCUT2D eigenvalue weighted by Gasteiger charge is 2.58. The van der Waals surface area contributed by atoms with E-state index >= 15 is 0 Å². The Bertz CT molecular complexity index is 524. The minimum absolute atomic E-state index is 0.193. The van der Waals surface area contributed by atoms with Crippen molar-refractivity contribution in [1.29, 1.82) is 0 Å². The molecule has 8 atom stereocenters. The van der Waals surface area contributed by atoms with E-state index in [1.165, 1.54) is 25.7 Å². The maximum absolute atomic E-state index is 13.2. The number of carbonyl (C=O) groups excluding carboxylic acids is 1. The van der Waals surface area contributed by atoms with Gasteiger partial charge in [0.05, 0.1) is 5.33 Å². The first-order valence-corrected chi connectivity index (χ1v) is 11.4. The Morgan fingerprint density at radius 2 is 1.80 bits per heavy atom. The zero-order valence-electron chi connectivity index (χ0n) is 15.2. The first-order chi connectivity index (χ1) is 12.0. The monoisotopic (exact) mass is 416 g/mol.